The van der Waals surface area contributed by atoms with Crippen molar-refractivity contribution in [2.45, 2.75) is 31.7 Å². The second kappa shape index (κ2) is 11.8. The van der Waals surface area contributed by atoms with E-state index in [1.54, 1.807) is 36.4 Å². The van der Waals surface area contributed by atoms with Crippen molar-refractivity contribution >= 4 is 23.3 Å². The topological polar surface area (TPSA) is 140 Å². The first-order chi connectivity index (χ1) is 19.4. The van der Waals surface area contributed by atoms with E-state index in [1.165, 1.54) is 24.5 Å². The Morgan fingerprint density at radius 2 is 2.00 bits per heavy atom. The SMILES string of the molecule is N#Cc1c(-c2cccc(NC(=O)CC[C@@H]3CCCN3)c2)cc(-c2ccc(F)cc2O)nc1NC(=O)c1ccco1. The first-order valence-corrected chi connectivity index (χ1v) is 12.8. The summed E-state index contributed by atoms with van der Waals surface area (Å²) in [5.41, 5.74) is 1.93. The lowest BCUT2D eigenvalue weighted by molar-refractivity contribution is -0.116. The molecule has 9 nitrogen and oxygen atoms in total. The molecule has 1 aliphatic rings. The Hall–Kier alpha value is -5.01. The number of aromatic hydroxyl groups is 1. The normalized spacial score (nSPS) is 14.4. The smallest absolute Gasteiger partial charge is 0.292 e. The van der Waals surface area contributed by atoms with Crippen LogP contribution in [-0.2, 0) is 4.79 Å². The van der Waals surface area contributed by atoms with Gasteiger partial charge in [0.2, 0.25) is 5.91 Å². The number of carbonyl (C=O) groups is 2. The second-order valence-electron chi connectivity index (χ2n) is 9.44. The molecule has 0 aliphatic carbocycles. The molecule has 2 amide bonds. The third-order valence-electron chi connectivity index (χ3n) is 6.68. The third kappa shape index (κ3) is 6.00. The van der Waals surface area contributed by atoms with Gasteiger partial charge in [0.05, 0.1) is 12.0 Å². The standard InChI is InChI=1S/C30H26FN5O4/c31-19-8-10-22(26(37)15-19)25-16-23(24(17-32)29(35-25)36-30(39)27-7-3-13-40-27)18-4-1-5-21(14-18)34-28(38)11-9-20-6-2-12-33-20/h1,3-5,7-8,10,13-16,20,33,37H,2,6,9,11-12H2,(H,34,38)(H,35,36,39)/t20-/m0/s1. The van der Waals surface area contributed by atoms with Gasteiger partial charge in [-0.15, -0.1) is 0 Å². The molecule has 0 saturated carbocycles. The van der Waals surface area contributed by atoms with E-state index < -0.39 is 11.7 Å². The minimum Gasteiger partial charge on any atom is -0.507 e. The second-order valence-corrected chi connectivity index (χ2v) is 9.44. The molecule has 0 unspecified atom stereocenters. The maximum Gasteiger partial charge on any atom is 0.292 e. The quantitative estimate of drug-likeness (QED) is 0.233. The Balaban J connectivity index is 1.51. The van der Waals surface area contributed by atoms with Crippen molar-refractivity contribution in [3.8, 4) is 34.2 Å². The molecular formula is C30H26FN5O4. The number of anilines is 2. The number of carbonyl (C=O) groups excluding carboxylic acids is 2. The average molecular weight is 540 g/mol. The van der Waals surface area contributed by atoms with Crippen LogP contribution in [-0.4, -0.2) is 34.5 Å². The maximum absolute atomic E-state index is 13.7. The fourth-order valence-corrected chi connectivity index (χ4v) is 4.71. The summed E-state index contributed by atoms with van der Waals surface area (Å²) in [6, 6.07) is 17.5. The molecule has 2 aromatic carbocycles. The third-order valence-corrected chi connectivity index (χ3v) is 6.68. The van der Waals surface area contributed by atoms with E-state index in [-0.39, 0.29) is 40.1 Å². The summed E-state index contributed by atoms with van der Waals surface area (Å²) in [5.74, 6) is -1.79. The van der Waals surface area contributed by atoms with E-state index >= 15 is 0 Å². The van der Waals surface area contributed by atoms with Crippen molar-refractivity contribution in [1.82, 2.24) is 10.3 Å². The number of pyridine rings is 1. The number of benzene rings is 2. The zero-order valence-electron chi connectivity index (χ0n) is 21.4. The van der Waals surface area contributed by atoms with Gasteiger partial charge in [-0.2, -0.15) is 5.26 Å². The number of hydrogen-bond donors (Lipinski definition) is 4. The predicted molar refractivity (Wildman–Crippen MR) is 147 cm³/mol. The Morgan fingerprint density at radius 3 is 2.73 bits per heavy atom. The van der Waals surface area contributed by atoms with Crippen molar-refractivity contribution < 1.29 is 23.5 Å². The van der Waals surface area contributed by atoms with Gasteiger partial charge < -0.3 is 25.5 Å². The van der Waals surface area contributed by atoms with Crippen LogP contribution in [0.2, 0.25) is 0 Å². The van der Waals surface area contributed by atoms with Crippen LogP contribution in [0.15, 0.2) is 71.3 Å². The minimum atomic E-state index is -0.631. The summed E-state index contributed by atoms with van der Waals surface area (Å²) in [4.78, 5) is 29.8. The van der Waals surface area contributed by atoms with E-state index in [0.717, 1.165) is 31.9 Å². The van der Waals surface area contributed by atoms with Crippen LogP contribution in [0.4, 0.5) is 15.9 Å². The lowest BCUT2D eigenvalue weighted by Gasteiger charge is -2.15. The number of hydrogen-bond acceptors (Lipinski definition) is 7. The number of aromatic nitrogens is 1. The molecule has 1 aliphatic heterocycles. The summed E-state index contributed by atoms with van der Waals surface area (Å²) in [6.45, 7) is 0.975. The number of nitrogens with zero attached hydrogens (tertiary/aromatic N) is 2. The molecule has 5 rings (SSSR count). The first kappa shape index (κ1) is 26.6. The van der Waals surface area contributed by atoms with Crippen molar-refractivity contribution in [3.05, 3.63) is 84.1 Å². The number of nitriles is 1. The Morgan fingerprint density at radius 1 is 1.12 bits per heavy atom. The minimum absolute atomic E-state index is 0.0137. The zero-order chi connectivity index (χ0) is 28.1. The van der Waals surface area contributed by atoms with Crippen LogP contribution >= 0.6 is 0 Å². The largest absolute Gasteiger partial charge is 0.507 e. The van der Waals surface area contributed by atoms with Crippen molar-refractivity contribution in [2.75, 3.05) is 17.2 Å². The van der Waals surface area contributed by atoms with Gasteiger partial charge in [0.15, 0.2) is 11.6 Å². The van der Waals surface area contributed by atoms with E-state index in [2.05, 4.69) is 27.0 Å². The number of phenolic OH excluding ortho intramolecular Hbond substituents is 1. The van der Waals surface area contributed by atoms with Crippen molar-refractivity contribution in [2.24, 2.45) is 0 Å². The molecule has 0 radical (unpaired) electrons. The lowest BCUT2D eigenvalue weighted by atomic mass is 9.97. The molecule has 2 aromatic heterocycles. The van der Waals surface area contributed by atoms with E-state index in [4.69, 9.17) is 4.42 Å². The number of nitrogens with one attached hydrogen (secondary N) is 3. The molecule has 0 bridgehead atoms. The number of rotatable bonds is 8. The van der Waals surface area contributed by atoms with Crippen LogP contribution in [0.3, 0.4) is 0 Å². The first-order valence-electron chi connectivity index (χ1n) is 12.8. The highest BCUT2D eigenvalue weighted by Gasteiger charge is 2.21. The highest BCUT2D eigenvalue weighted by molar-refractivity contribution is 6.03. The number of furan rings is 1. The molecule has 10 heteroatoms. The van der Waals surface area contributed by atoms with E-state index in [0.29, 0.717) is 29.3 Å². The molecule has 1 fully saturated rings. The number of halogens is 1. The van der Waals surface area contributed by atoms with Gasteiger partial charge in [0.1, 0.15) is 23.2 Å². The monoisotopic (exact) mass is 539 g/mol. The fraction of sp³-hybridized carbons (Fsp3) is 0.200. The molecular weight excluding hydrogens is 513 g/mol. The van der Waals surface area contributed by atoms with Crippen LogP contribution in [0.1, 0.15) is 41.8 Å². The van der Waals surface area contributed by atoms with Gasteiger partial charge >= 0.3 is 0 Å². The van der Waals surface area contributed by atoms with Crippen LogP contribution in [0.5, 0.6) is 5.75 Å². The highest BCUT2D eigenvalue weighted by Crippen LogP contribution is 2.36. The van der Waals surface area contributed by atoms with Crippen LogP contribution in [0.25, 0.3) is 22.4 Å². The van der Waals surface area contributed by atoms with E-state index in [9.17, 15) is 24.3 Å². The summed E-state index contributed by atoms with van der Waals surface area (Å²) in [7, 11) is 0. The maximum atomic E-state index is 13.7. The Bertz CT molecular complexity index is 1590. The molecule has 202 valence electrons. The number of amides is 2. The zero-order valence-corrected chi connectivity index (χ0v) is 21.4. The molecule has 40 heavy (non-hydrogen) atoms. The molecule has 4 aromatic rings. The average Bonchev–Trinajstić information content (AvgIpc) is 3.67. The van der Waals surface area contributed by atoms with Gasteiger partial charge in [-0.05, 0) is 73.8 Å². The highest BCUT2D eigenvalue weighted by atomic mass is 19.1. The Kier molecular flexibility index (Phi) is 7.84. The summed E-state index contributed by atoms with van der Waals surface area (Å²) < 4.78 is 18.9. The van der Waals surface area contributed by atoms with Gasteiger partial charge in [-0.3, -0.25) is 9.59 Å². The van der Waals surface area contributed by atoms with Gasteiger partial charge in [-0.25, -0.2) is 9.37 Å². The molecule has 1 atom stereocenters. The molecule has 4 N–H and O–H groups in total. The Labute approximate surface area is 229 Å². The molecule has 0 spiro atoms. The van der Waals surface area contributed by atoms with Gasteiger partial charge in [0, 0.05) is 35.3 Å². The predicted octanol–water partition coefficient (Wildman–Crippen LogP) is 5.45. The van der Waals surface area contributed by atoms with Crippen LogP contribution < -0.4 is 16.0 Å². The van der Waals surface area contributed by atoms with Crippen LogP contribution in [0, 0.1) is 17.1 Å². The number of phenols is 1. The lowest BCUT2D eigenvalue weighted by Crippen LogP contribution is -2.23. The summed E-state index contributed by atoms with van der Waals surface area (Å²) >= 11 is 0. The molecule has 3 heterocycles. The van der Waals surface area contributed by atoms with Gasteiger partial charge in [0.25, 0.3) is 5.91 Å². The summed E-state index contributed by atoms with van der Waals surface area (Å²) in [5, 5.41) is 29.4. The van der Waals surface area contributed by atoms with Gasteiger partial charge in [-0.1, -0.05) is 12.1 Å². The van der Waals surface area contributed by atoms with E-state index in [1.807, 2.05) is 0 Å². The molecule has 1 saturated heterocycles. The van der Waals surface area contributed by atoms with Crippen molar-refractivity contribution in [3.63, 3.8) is 0 Å². The van der Waals surface area contributed by atoms with Crippen molar-refractivity contribution in [1.29, 1.82) is 5.26 Å². The fourth-order valence-electron chi connectivity index (χ4n) is 4.71. The summed E-state index contributed by atoms with van der Waals surface area (Å²) in [6.07, 6.45) is 4.64.